The van der Waals surface area contributed by atoms with Crippen molar-refractivity contribution in [3.8, 4) is 23.0 Å². The van der Waals surface area contributed by atoms with Crippen molar-refractivity contribution in [2.75, 3.05) is 26.6 Å². The molecule has 0 spiro atoms. The summed E-state index contributed by atoms with van der Waals surface area (Å²) in [5.74, 6) is -0.150. The van der Waals surface area contributed by atoms with Crippen LogP contribution in [0, 0.1) is 0 Å². The highest BCUT2D eigenvalue weighted by Gasteiger charge is 2.23. The maximum Gasteiger partial charge on any atom is 0.280 e. The number of aromatic hydroxyl groups is 1. The van der Waals surface area contributed by atoms with Crippen molar-refractivity contribution in [1.82, 2.24) is 4.83 Å². The molecular formula is C18H20BrN3O7S. The van der Waals surface area contributed by atoms with Crippen molar-refractivity contribution in [2.45, 2.75) is 11.8 Å². The van der Waals surface area contributed by atoms with Gasteiger partial charge in [-0.25, -0.2) is 0 Å². The van der Waals surface area contributed by atoms with Gasteiger partial charge in [0.1, 0.15) is 16.4 Å². The molecule has 1 amide bonds. The Bertz CT molecular complexity index is 1090. The van der Waals surface area contributed by atoms with E-state index in [1.54, 1.807) is 0 Å². The Morgan fingerprint density at radius 3 is 2.27 bits per heavy atom. The number of benzene rings is 2. The number of anilines is 1. The predicted octanol–water partition coefficient (Wildman–Crippen LogP) is 2.45. The molecule has 0 radical (unpaired) electrons. The summed E-state index contributed by atoms with van der Waals surface area (Å²) >= 11 is 3.17. The number of ether oxygens (including phenoxy) is 3. The summed E-state index contributed by atoms with van der Waals surface area (Å²) in [5, 5.41) is 16.1. The van der Waals surface area contributed by atoms with Crippen LogP contribution in [0.1, 0.15) is 12.5 Å². The minimum atomic E-state index is -4.14. The van der Waals surface area contributed by atoms with Gasteiger partial charge in [0.15, 0.2) is 11.5 Å². The van der Waals surface area contributed by atoms with Crippen molar-refractivity contribution in [3.63, 3.8) is 0 Å². The van der Waals surface area contributed by atoms with Crippen LogP contribution < -0.4 is 24.4 Å². The first-order valence-corrected chi connectivity index (χ1v) is 10.6. The third-order valence-electron chi connectivity index (χ3n) is 3.74. The van der Waals surface area contributed by atoms with Gasteiger partial charge in [-0.15, -0.1) is 0 Å². The first-order chi connectivity index (χ1) is 14.1. The summed E-state index contributed by atoms with van der Waals surface area (Å²) in [6.07, 6.45) is 1.24. The fourth-order valence-corrected chi connectivity index (χ4v) is 3.83. The Balaban J connectivity index is 2.36. The number of halogens is 1. The second-order valence-electron chi connectivity index (χ2n) is 5.79. The van der Waals surface area contributed by atoms with E-state index in [1.165, 1.54) is 58.7 Å². The van der Waals surface area contributed by atoms with Crippen LogP contribution in [-0.4, -0.2) is 47.0 Å². The lowest BCUT2D eigenvalue weighted by molar-refractivity contribution is -0.114. The molecule has 0 unspecified atom stereocenters. The number of hydrazone groups is 1. The molecule has 0 saturated carbocycles. The van der Waals surface area contributed by atoms with Gasteiger partial charge >= 0.3 is 0 Å². The summed E-state index contributed by atoms with van der Waals surface area (Å²) in [5.41, 5.74) is 0.718. The van der Waals surface area contributed by atoms with Crippen LogP contribution in [-0.2, 0) is 14.8 Å². The topological polar surface area (TPSA) is 136 Å². The number of nitrogens with one attached hydrogen (secondary N) is 2. The molecular weight excluding hydrogens is 482 g/mol. The Kier molecular flexibility index (Phi) is 7.51. The summed E-state index contributed by atoms with van der Waals surface area (Å²) in [6.45, 7) is 1.31. The number of carbonyl (C=O) groups excluding carboxylic acids is 1. The number of phenols is 1. The molecule has 0 fully saturated rings. The molecule has 2 aromatic rings. The molecule has 0 bridgehead atoms. The number of hydrogen-bond donors (Lipinski definition) is 3. The first kappa shape index (κ1) is 23.3. The Hall–Kier alpha value is -2.99. The molecule has 0 aliphatic carbocycles. The van der Waals surface area contributed by atoms with E-state index in [9.17, 15) is 18.3 Å². The zero-order valence-corrected chi connectivity index (χ0v) is 18.9. The summed E-state index contributed by atoms with van der Waals surface area (Å²) in [6, 6.07) is 5.55. The standard InChI is InChI=1S/C18H20BrN3O7S/c1-10(23)21-13-7-15(28-3)17(8-14(13)27-2)30(25,26)22-20-9-11-5-12(19)18(24)16(6-11)29-4/h5-9,22,24H,1-4H3,(H,21,23)/b20-9+. The van der Waals surface area contributed by atoms with E-state index in [-0.39, 0.29) is 39.5 Å². The van der Waals surface area contributed by atoms with Gasteiger partial charge in [-0.3, -0.25) is 4.79 Å². The highest BCUT2D eigenvalue weighted by atomic mass is 79.9. The maximum absolute atomic E-state index is 12.7. The number of amides is 1. The lowest BCUT2D eigenvalue weighted by Gasteiger charge is -2.15. The molecule has 0 aromatic heterocycles. The van der Waals surface area contributed by atoms with E-state index in [0.717, 1.165) is 0 Å². The number of carbonyl (C=O) groups is 1. The fraction of sp³-hybridized carbons (Fsp3) is 0.222. The van der Waals surface area contributed by atoms with Gasteiger partial charge in [0, 0.05) is 19.1 Å². The van der Waals surface area contributed by atoms with Crippen molar-refractivity contribution < 1.29 is 32.5 Å². The van der Waals surface area contributed by atoms with Gasteiger partial charge in [0.2, 0.25) is 5.91 Å². The largest absolute Gasteiger partial charge is 0.503 e. The molecule has 2 aromatic carbocycles. The molecule has 0 atom stereocenters. The normalized spacial score (nSPS) is 11.2. The summed E-state index contributed by atoms with van der Waals surface area (Å²) in [7, 11) is -0.127. The van der Waals surface area contributed by atoms with Crippen LogP contribution in [0.15, 0.2) is 38.7 Å². The van der Waals surface area contributed by atoms with Crippen molar-refractivity contribution in [1.29, 1.82) is 0 Å². The highest BCUT2D eigenvalue weighted by molar-refractivity contribution is 9.10. The molecule has 0 saturated heterocycles. The molecule has 0 heterocycles. The summed E-state index contributed by atoms with van der Waals surface area (Å²) < 4.78 is 41.2. The molecule has 2 rings (SSSR count). The number of nitrogens with zero attached hydrogens (tertiary/aromatic N) is 1. The predicted molar refractivity (Wildman–Crippen MR) is 114 cm³/mol. The quantitative estimate of drug-likeness (QED) is 0.373. The smallest absolute Gasteiger partial charge is 0.280 e. The van der Waals surface area contributed by atoms with Gasteiger partial charge in [0.05, 0.1) is 37.7 Å². The molecule has 12 heteroatoms. The van der Waals surface area contributed by atoms with E-state index in [1.807, 2.05) is 0 Å². The zero-order chi connectivity index (χ0) is 22.5. The molecule has 30 heavy (non-hydrogen) atoms. The molecule has 162 valence electrons. The number of rotatable bonds is 8. The molecule has 0 aliphatic heterocycles. The minimum Gasteiger partial charge on any atom is -0.503 e. The Labute approximate surface area is 182 Å². The van der Waals surface area contributed by atoms with E-state index < -0.39 is 10.0 Å². The Morgan fingerprint density at radius 1 is 1.07 bits per heavy atom. The number of methoxy groups -OCH3 is 3. The number of phenolic OH excluding ortho intramolecular Hbond substituents is 1. The van der Waals surface area contributed by atoms with Crippen molar-refractivity contribution in [3.05, 3.63) is 34.3 Å². The number of hydrogen-bond acceptors (Lipinski definition) is 8. The third-order valence-corrected chi connectivity index (χ3v) is 5.59. The second kappa shape index (κ2) is 9.67. The lowest BCUT2D eigenvalue weighted by Crippen LogP contribution is -2.19. The molecule has 10 nitrogen and oxygen atoms in total. The van der Waals surface area contributed by atoms with Crippen LogP contribution in [0.4, 0.5) is 5.69 Å². The molecule has 3 N–H and O–H groups in total. The van der Waals surface area contributed by atoms with Gasteiger partial charge in [-0.1, -0.05) is 0 Å². The lowest BCUT2D eigenvalue weighted by atomic mass is 10.2. The third kappa shape index (κ3) is 5.33. The first-order valence-electron chi connectivity index (χ1n) is 8.28. The van der Waals surface area contributed by atoms with E-state index in [0.29, 0.717) is 10.0 Å². The maximum atomic E-state index is 12.7. The van der Waals surface area contributed by atoms with E-state index in [4.69, 9.17) is 14.2 Å². The van der Waals surface area contributed by atoms with Crippen LogP contribution in [0.25, 0.3) is 0 Å². The van der Waals surface area contributed by atoms with E-state index in [2.05, 4.69) is 31.2 Å². The molecule has 0 aliphatic rings. The van der Waals surface area contributed by atoms with Crippen LogP contribution >= 0.6 is 15.9 Å². The Morgan fingerprint density at radius 2 is 1.70 bits per heavy atom. The second-order valence-corrected chi connectivity index (χ2v) is 8.27. The fourth-order valence-electron chi connectivity index (χ4n) is 2.41. The SMILES string of the molecule is COc1cc(S(=O)(=O)N/N=C/c2cc(Br)c(O)c(OC)c2)c(OC)cc1NC(C)=O. The monoisotopic (exact) mass is 501 g/mol. The van der Waals surface area contributed by atoms with Gasteiger partial charge < -0.3 is 24.6 Å². The van der Waals surface area contributed by atoms with E-state index >= 15 is 0 Å². The van der Waals surface area contributed by atoms with Crippen LogP contribution in [0.2, 0.25) is 0 Å². The van der Waals surface area contributed by atoms with Gasteiger partial charge in [0.25, 0.3) is 10.0 Å². The zero-order valence-electron chi connectivity index (χ0n) is 16.5. The average Bonchev–Trinajstić information content (AvgIpc) is 2.69. The van der Waals surface area contributed by atoms with Gasteiger partial charge in [-0.2, -0.15) is 18.4 Å². The minimum absolute atomic E-state index is 0.0173. The van der Waals surface area contributed by atoms with Crippen molar-refractivity contribution in [2.24, 2.45) is 5.10 Å². The van der Waals surface area contributed by atoms with Gasteiger partial charge in [-0.05, 0) is 33.6 Å². The average molecular weight is 502 g/mol. The van der Waals surface area contributed by atoms with Crippen LogP contribution in [0.5, 0.6) is 23.0 Å². The number of sulfonamides is 1. The van der Waals surface area contributed by atoms with Crippen LogP contribution in [0.3, 0.4) is 0 Å². The van der Waals surface area contributed by atoms with Crippen molar-refractivity contribution >= 4 is 43.8 Å². The highest BCUT2D eigenvalue weighted by Crippen LogP contribution is 2.36. The summed E-state index contributed by atoms with van der Waals surface area (Å²) in [4.78, 5) is 13.2.